The first-order valence-electron chi connectivity index (χ1n) is 7.58. The van der Waals surface area contributed by atoms with E-state index in [4.69, 9.17) is 9.47 Å². The van der Waals surface area contributed by atoms with Crippen molar-refractivity contribution in [3.63, 3.8) is 0 Å². The molecule has 0 bridgehead atoms. The summed E-state index contributed by atoms with van der Waals surface area (Å²) in [5, 5.41) is 20.6. The minimum atomic E-state index is -1.16. The van der Waals surface area contributed by atoms with E-state index in [1.807, 2.05) is 6.07 Å². The molecule has 0 radical (unpaired) electrons. The van der Waals surface area contributed by atoms with Crippen LogP contribution in [-0.2, 0) is 10.2 Å². The highest BCUT2D eigenvalue weighted by molar-refractivity contribution is 5.69. The number of rotatable bonds is 4. The monoisotopic (exact) mass is 329 g/mol. The van der Waals surface area contributed by atoms with Gasteiger partial charge in [-0.25, -0.2) is 4.39 Å². The first kappa shape index (κ1) is 14.8. The van der Waals surface area contributed by atoms with Crippen molar-refractivity contribution in [1.82, 2.24) is 0 Å². The van der Waals surface area contributed by atoms with Crippen LogP contribution in [0.2, 0.25) is 0 Å². The van der Waals surface area contributed by atoms with Gasteiger partial charge in [0, 0.05) is 11.4 Å². The predicted molar refractivity (Wildman–Crippen MR) is 79.3 cm³/mol. The Morgan fingerprint density at radius 3 is 2.79 bits per heavy atom. The fraction of sp³-hybridized carbons (Fsp3) is 0.278. The van der Waals surface area contributed by atoms with Crippen molar-refractivity contribution >= 4 is 5.97 Å². The Kier molecular flexibility index (Phi) is 3.16. The van der Waals surface area contributed by atoms with Crippen LogP contribution in [0.5, 0.6) is 17.2 Å². The van der Waals surface area contributed by atoms with E-state index in [1.54, 1.807) is 18.2 Å². The van der Waals surface area contributed by atoms with Gasteiger partial charge in [0.05, 0.1) is 0 Å². The van der Waals surface area contributed by atoms with Gasteiger partial charge >= 0.3 is 0 Å². The molecule has 5 nitrogen and oxygen atoms in total. The topological polar surface area (TPSA) is 78.8 Å². The molecule has 2 aliphatic rings. The van der Waals surface area contributed by atoms with E-state index >= 15 is 0 Å². The van der Waals surface area contributed by atoms with Crippen LogP contribution in [0.1, 0.15) is 29.9 Å². The number of fused-ring (bicyclic) bond motifs is 1. The number of phenolic OH excluding ortho intramolecular Hbond substituents is 1. The molecule has 1 heterocycles. The zero-order chi connectivity index (χ0) is 16.9. The average Bonchev–Trinajstić information content (AvgIpc) is 3.06. The summed E-state index contributed by atoms with van der Waals surface area (Å²) in [6, 6.07) is 9.50. The fourth-order valence-electron chi connectivity index (χ4n) is 3.56. The zero-order valence-electron chi connectivity index (χ0n) is 12.6. The molecule has 124 valence electrons. The SMILES string of the molecule is O=C([O-])CC1(c2ccc3c(c2)OCO3)CC1c1ccc(O)c(F)c1. The number of carboxylic acids is 1. The second-order valence-corrected chi connectivity index (χ2v) is 6.24. The third kappa shape index (κ3) is 2.26. The third-order valence-electron chi connectivity index (χ3n) is 4.86. The molecule has 0 aromatic heterocycles. The summed E-state index contributed by atoms with van der Waals surface area (Å²) < 4.78 is 24.3. The van der Waals surface area contributed by atoms with E-state index in [2.05, 4.69) is 0 Å². The number of carbonyl (C=O) groups is 1. The molecule has 1 saturated carbocycles. The molecule has 0 saturated heterocycles. The first-order chi connectivity index (χ1) is 11.5. The molecule has 0 spiro atoms. The van der Waals surface area contributed by atoms with Crippen molar-refractivity contribution in [3.8, 4) is 17.2 Å². The van der Waals surface area contributed by atoms with Crippen molar-refractivity contribution in [1.29, 1.82) is 0 Å². The lowest BCUT2D eigenvalue weighted by Gasteiger charge is -2.19. The van der Waals surface area contributed by atoms with Crippen molar-refractivity contribution in [2.45, 2.75) is 24.2 Å². The summed E-state index contributed by atoms with van der Waals surface area (Å²) in [6.07, 6.45) is 0.393. The predicted octanol–water partition coefficient (Wildman–Crippen LogP) is 1.83. The number of hydrogen-bond donors (Lipinski definition) is 1. The molecule has 24 heavy (non-hydrogen) atoms. The Labute approximate surface area is 137 Å². The number of benzene rings is 2. The van der Waals surface area contributed by atoms with E-state index in [0.29, 0.717) is 23.5 Å². The minimum absolute atomic E-state index is 0.138. The molecule has 1 N–H and O–H groups in total. The molecule has 2 aromatic rings. The van der Waals surface area contributed by atoms with Gasteiger partial charge in [0.1, 0.15) is 0 Å². The van der Waals surface area contributed by atoms with Crippen molar-refractivity contribution in [2.75, 3.05) is 6.79 Å². The van der Waals surface area contributed by atoms with Crippen LogP contribution in [0.25, 0.3) is 0 Å². The van der Waals surface area contributed by atoms with Crippen LogP contribution in [0, 0.1) is 5.82 Å². The van der Waals surface area contributed by atoms with Crippen LogP contribution >= 0.6 is 0 Å². The maximum atomic E-state index is 13.6. The lowest BCUT2D eigenvalue weighted by molar-refractivity contribution is -0.306. The van der Waals surface area contributed by atoms with Gasteiger partial charge < -0.3 is 24.5 Å². The molecule has 2 aromatic carbocycles. The zero-order valence-corrected chi connectivity index (χ0v) is 12.6. The molecular weight excluding hydrogens is 315 g/mol. The van der Waals surface area contributed by atoms with Crippen molar-refractivity contribution in [3.05, 3.63) is 53.3 Å². The number of carbonyl (C=O) groups excluding carboxylic acids is 1. The second kappa shape index (κ2) is 5.12. The quantitative estimate of drug-likeness (QED) is 0.926. The van der Waals surface area contributed by atoms with Crippen LogP contribution in [0.3, 0.4) is 0 Å². The van der Waals surface area contributed by atoms with E-state index in [0.717, 1.165) is 5.56 Å². The van der Waals surface area contributed by atoms with Gasteiger partial charge in [0.15, 0.2) is 23.1 Å². The number of hydrogen-bond acceptors (Lipinski definition) is 5. The van der Waals surface area contributed by atoms with Gasteiger partial charge in [-0.3, -0.25) is 0 Å². The highest BCUT2D eigenvalue weighted by Gasteiger charge is 2.56. The van der Waals surface area contributed by atoms with Crippen LogP contribution in [0.15, 0.2) is 36.4 Å². The second-order valence-electron chi connectivity index (χ2n) is 6.24. The molecule has 1 aliphatic carbocycles. The molecule has 4 rings (SSSR count). The Balaban J connectivity index is 1.72. The third-order valence-corrected chi connectivity index (χ3v) is 4.86. The van der Waals surface area contributed by atoms with E-state index in [1.165, 1.54) is 12.1 Å². The normalized spacial score (nSPS) is 24.0. The highest BCUT2D eigenvalue weighted by Crippen LogP contribution is 2.63. The van der Waals surface area contributed by atoms with Crippen LogP contribution in [-0.4, -0.2) is 17.9 Å². The smallest absolute Gasteiger partial charge is 0.231 e. The lowest BCUT2D eigenvalue weighted by atomic mass is 9.87. The summed E-state index contributed by atoms with van der Waals surface area (Å²) in [5.41, 5.74) is 0.794. The molecule has 1 aliphatic heterocycles. The summed E-state index contributed by atoms with van der Waals surface area (Å²) >= 11 is 0. The average molecular weight is 329 g/mol. The van der Waals surface area contributed by atoms with Gasteiger partial charge in [-0.05, 0) is 54.2 Å². The fourth-order valence-corrected chi connectivity index (χ4v) is 3.56. The van der Waals surface area contributed by atoms with Crippen molar-refractivity contribution in [2.24, 2.45) is 0 Å². The van der Waals surface area contributed by atoms with Gasteiger partial charge in [-0.2, -0.15) is 0 Å². The maximum Gasteiger partial charge on any atom is 0.231 e. The highest BCUT2D eigenvalue weighted by atomic mass is 19.1. The first-order valence-corrected chi connectivity index (χ1v) is 7.58. The van der Waals surface area contributed by atoms with E-state index in [9.17, 15) is 19.4 Å². The number of halogens is 1. The molecule has 0 amide bonds. The van der Waals surface area contributed by atoms with Gasteiger partial charge in [-0.15, -0.1) is 0 Å². The Morgan fingerprint density at radius 2 is 2.04 bits per heavy atom. The standard InChI is InChI=1S/C18H15FO5/c19-13-5-10(1-3-14(13)20)12-7-18(12,8-17(21)22)11-2-4-15-16(6-11)24-9-23-15/h1-6,12,20H,7-9H2,(H,21,22)/p-1. The summed E-state index contributed by atoms with van der Waals surface area (Å²) in [6.45, 7) is 0.138. The molecule has 1 fully saturated rings. The Bertz CT molecular complexity index is 834. The minimum Gasteiger partial charge on any atom is -0.550 e. The van der Waals surface area contributed by atoms with Gasteiger partial charge in [-0.1, -0.05) is 12.1 Å². The van der Waals surface area contributed by atoms with Crippen LogP contribution in [0.4, 0.5) is 4.39 Å². The van der Waals surface area contributed by atoms with E-state index in [-0.39, 0.29) is 19.1 Å². The summed E-state index contributed by atoms with van der Waals surface area (Å²) in [4.78, 5) is 11.3. The Morgan fingerprint density at radius 1 is 1.25 bits per heavy atom. The largest absolute Gasteiger partial charge is 0.550 e. The number of ether oxygens (including phenoxy) is 2. The number of carboxylic acid groups (broad SMARTS) is 1. The Hall–Kier alpha value is -2.76. The number of aromatic hydroxyl groups is 1. The summed E-state index contributed by atoms with van der Waals surface area (Å²) in [7, 11) is 0. The van der Waals surface area contributed by atoms with E-state index < -0.39 is 23.0 Å². The molecular formula is C18H14FO5-. The van der Waals surface area contributed by atoms with Crippen LogP contribution < -0.4 is 14.6 Å². The van der Waals surface area contributed by atoms with Gasteiger partial charge in [0.25, 0.3) is 0 Å². The van der Waals surface area contributed by atoms with Gasteiger partial charge in [0.2, 0.25) is 6.79 Å². The number of aliphatic carboxylic acids is 1. The summed E-state index contributed by atoms with van der Waals surface area (Å²) in [5.74, 6) is -1.26. The molecule has 6 heteroatoms. The van der Waals surface area contributed by atoms with Crippen molar-refractivity contribution < 1.29 is 28.9 Å². The number of phenols is 1. The maximum absolute atomic E-state index is 13.6. The molecule has 2 atom stereocenters. The lowest BCUT2D eigenvalue weighted by Crippen LogP contribution is -2.28. The molecule has 2 unspecified atom stereocenters.